The van der Waals surface area contributed by atoms with Crippen LogP contribution in [0.15, 0.2) is 11.6 Å². The van der Waals surface area contributed by atoms with Crippen LogP contribution in [0.5, 0.6) is 0 Å². The average molecular weight is 382 g/mol. The molecule has 27 heavy (non-hydrogen) atoms. The number of hydrogen-bond donors (Lipinski definition) is 1. The number of carboxylic acid groups (broad SMARTS) is 1. The highest BCUT2D eigenvalue weighted by atomic mass is 16.4. The molecule has 0 rings (SSSR count). The number of carbonyl (C=O) groups excluding carboxylic acids is 1. The molecule has 0 aliphatic carbocycles. The minimum atomic E-state index is -0.920. The second kappa shape index (κ2) is 14.7. The zero-order chi connectivity index (χ0) is 20.8. The van der Waals surface area contributed by atoms with Crippen LogP contribution in [0, 0.1) is 11.8 Å². The van der Waals surface area contributed by atoms with Gasteiger partial charge in [-0.2, -0.15) is 0 Å². The maximum Gasteiger partial charge on any atom is 0.326 e. The zero-order valence-corrected chi connectivity index (χ0v) is 18.6. The summed E-state index contributed by atoms with van der Waals surface area (Å²) in [5, 5.41) is 9.49. The maximum atomic E-state index is 12.8. The van der Waals surface area contributed by atoms with Gasteiger partial charge in [0.2, 0.25) is 5.91 Å². The van der Waals surface area contributed by atoms with Gasteiger partial charge in [-0.25, -0.2) is 4.79 Å². The second-order valence-corrected chi connectivity index (χ2v) is 8.24. The van der Waals surface area contributed by atoms with Crippen LogP contribution in [0.2, 0.25) is 0 Å². The van der Waals surface area contributed by atoms with Crippen LogP contribution in [0.4, 0.5) is 0 Å². The first-order chi connectivity index (χ1) is 12.8. The van der Waals surface area contributed by atoms with Gasteiger partial charge in [0.15, 0.2) is 0 Å². The number of carboxylic acids is 1. The second-order valence-electron chi connectivity index (χ2n) is 8.24. The van der Waals surface area contributed by atoms with E-state index in [2.05, 4.69) is 6.92 Å². The first kappa shape index (κ1) is 25.7. The van der Waals surface area contributed by atoms with Gasteiger partial charge in [0.05, 0.1) is 5.92 Å². The summed E-state index contributed by atoms with van der Waals surface area (Å²) in [6, 6.07) is -0.749. The van der Waals surface area contributed by atoms with Crippen molar-refractivity contribution in [2.45, 2.75) is 105 Å². The summed E-state index contributed by atoms with van der Waals surface area (Å²) in [6.45, 7) is 10.1. The molecule has 0 bridgehead atoms. The molecule has 0 aromatic rings. The van der Waals surface area contributed by atoms with E-state index in [0.717, 1.165) is 18.4 Å². The van der Waals surface area contributed by atoms with E-state index >= 15 is 0 Å². The van der Waals surface area contributed by atoms with Crippen molar-refractivity contribution in [2.75, 3.05) is 7.05 Å². The van der Waals surface area contributed by atoms with Crippen LogP contribution in [0.3, 0.4) is 0 Å². The van der Waals surface area contributed by atoms with E-state index < -0.39 is 12.0 Å². The molecular formula is C23H43NO3. The van der Waals surface area contributed by atoms with E-state index in [9.17, 15) is 14.7 Å². The number of aliphatic carboxylic acids is 1. The number of carbonyl (C=O) groups is 2. The highest BCUT2D eigenvalue weighted by Gasteiger charge is 2.30. The molecule has 0 aliphatic rings. The topological polar surface area (TPSA) is 57.6 Å². The minimum absolute atomic E-state index is 0.0873. The Morgan fingerprint density at radius 2 is 1.48 bits per heavy atom. The molecule has 0 saturated heterocycles. The van der Waals surface area contributed by atoms with Gasteiger partial charge in [-0.15, -0.1) is 0 Å². The summed E-state index contributed by atoms with van der Waals surface area (Å²) >= 11 is 0. The first-order valence-corrected chi connectivity index (χ1v) is 10.9. The highest BCUT2D eigenvalue weighted by molar-refractivity contribution is 5.86. The van der Waals surface area contributed by atoms with Gasteiger partial charge in [0.25, 0.3) is 0 Å². The molecule has 1 N–H and O–H groups in total. The lowest BCUT2D eigenvalue weighted by atomic mass is 9.92. The van der Waals surface area contributed by atoms with Gasteiger partial charge in [-0.1, -0.05) is 77.4 Å². The Morgan fingerprint density at radius 3 is 1.93 bits per heavy atom. The van der Waals surface area contributed by atoms with Crippen molar-refractivity contribution >= 4 is 11.9 Å². The lowest BCUT2D eigenvalue weighted by molar-refractivity contribution is -0.150. The Kier molecular flexibility index (Phi) is 14.0. The Balaban J connectivity index is 4.49. The molecule has 0 aromatic carbocycles. The van der Waals surface area contributed by atoms with Gasteiger partial charge in [0, 0.05) is 7.05 Å². The van der Waals surface area contributed by atoms with E-state index in [0.29, 0.717) is 6.42 Å². The zero-order valence-electron chi connectivity index (χ0n) is 18.6. The number of unbranched alkanes of at least 4 members (excludes halogenated alkanes) is 7. The minimum Gasteiger partial charge on any atom is -0.480 e. The molecule has 1 amide bonds. The fourth-order valence-electron chi connectivity index (χ4n) is 3.56. The first-order valence-electron chi connectivity index (χ1n) is 10.9. The summed E-state index contributed by atoms with van der Waals surface area (Å²) in [5.41, 5.74) is 1.13. The Bertz CT molecular complexity index is 457. The van der Waals surface area contributed by atoms with Gasteiger partial charge < -0.3 is 10.0 Å². The van der Waals surface area contributed by atoms with Crippen molar-refractivity contribution < 1.29 is 14.7 Å². The molecule has 0 saturated carbocycles. The van der Waals surface area contributed by atoms with Crippen LogP contribution in [-0.2, 0) is 9.59 Å². The molecule has 0 radical (unpaired) electrons. The van der Waals surface area contributed by atoms with E-state index in [1.165, 1.54) is 49.8 Å². The predicted octanol–water partition coefficient (Wildman–Crippen LogP) is 6.06. The standard InChI is InChI=1S/C23H43NO3/c1-7-9-10-11-12-13-14-15-16-20(8-2)19(5)22(25)24(6)21(23(26)27)17-18(3)4/h8,18-19,21H,7,9-17H2,1-6H3,(H,26,27)/b20-8-/t19-,21+/m1/s1. The van der Waals surface area contributed by atoms with Crippen LogP contribution in [-0.4, -0.2) is 35.0 Å². The fraction of sp³-hybridized carbons (Fsp3) is 0.826. The quantitative estimate of drug-likeness (QED) is 0.277. The van der Waals surface area contributed by atoms with Crippen molar-refractivity contribution in [3.8, 4) is 0 Å². The van der Waals surface area contributed by atoms with Gasteiger partial charge in [0.1, 0.15) is 6.04 Å². The fourth-order valence-corrected chi connectivity index (χ4v) is 3.56. The normalized spacial score (nSPS) is 14.3. The monoisotopic (exact) mass is 381 g/mol. The van der Waals surface area contributed by atoms with Crippen LogP contribution in [0.1, 0.15) is 98.8 Å². The molecule has 0 fully saturated rings. The Hall–Kier alpha value is -1.32. The molecule has 0 aliphatic heterocycles. The van der Waals surface area contributed by atoms with Crippen molar-refractivity contribution in [3.63, 3.8) is 0 Å². The molecular weight excluding hydrogens is 338 g/mol. The Labute approximate surface area is 167 Å². The number of likely N-dealkylation sites (N-methyl/N-ethyl adjacent to an activating group) is 1. The lowest BCUT2D eigenvalue weighted by Crippen LogP contribution is -2.45. The third-order valence-corrected chi connectivity index (χ3v) is 5.41. The summed E-state index contributed by atoms with van der Waals surface area (Å²) in [6.07, 6.45) is 13.6. The molecule has 0 aromatic heterocycles. The number of rotatable bonds is 15. The van der Waals surface area contributed by atoms with Crippen molar-refractivity contribution in [1.29, 1.82) is 0 Å². The van der Waals surface area contributed by atoms with Gasteiger partial charge in [-0.3, -0.25) is 4.79 Å². The lowest BCUT2D eigenvalue weighted by Gasteiger charge is -2.29. The van der Waals surface area contributed by atoms with E-state index in [4.69, 9.17) is 0 Å². The summed E-state index contributed by atoms with van der Waals surface area (Å²) < 4.78 is 0. The smallest absolute Gasteiger partial charge is 0.326 e. The SMILES string of the molecule is C/C=C(/CCCCCCCCCC)[C@@H](C)C(=O)N(C)[C@@H](CC(C)C)C(=O)O. The van der Waals surface area contributed by atoms with Gasteiger partial charge in [-0.05, 0) is 39.0 Å². The number of allylic oxidation sites excluding steroid dienone is 1. The average Bonchev–Trinajstić information content (AvgIpc) is 2.63. The summed E-state index contributed by atoms with van der Waals surface area (Å²) in [7, 11) is 1.63. The van der Waals surface area contributed by atoms with Gasteiger partial charge >= 0.3 is 5.97 Å². The van der Waals surface area contributed by atoms with E-state index in [-0.39, 0.29) is 17.7 Å². The number of nitrogens with zero attached hydrogens (tertiary/aromatic N) is 1. The molecule has 2 atom stereocenters. The summed E-state index contributed by atoms with van der Waals surface area (Å²) in [5.74, 6) is -1.03. The van der Waals surface area contributed by atoms with Crippen molar-refractivity contribution in [3.05, 3.63) is 11.6 Å². The summed E-state index contributed by atoms with van der Waals surface area (Å²) in [4.78, 5) is 25.8. The Morgan fingerprint density at radius 1 is 0.963 bits per heavy atom. The van der Waals surface area contributed by atoms with Crippen molar-refractivity contribution in [1.82, 2.24) is 4.90 Å². The number of amides is 1. The molecule has 0 heterocycles. The maximum absolute atomic E-state index is 12.8. The van der Waals surface area contributed by atoms with Crippen LogP contribution >= 0.6 is 0 Å². The molecule has 158 valence electrons. The molecule has 4 nitrogen and oxygen atoms in total. The van der Waals surface area contributed by atoms with Crippen molar-refractivity contribution in [2.24, 2.45) is 11.8 Å². The third kappa shape index (κ3) is 10.6. The predicted molar refractivity (Wildman–Crippen MR) is 114 cm³/mol. The largest absolute Gasteiger partial charge is 0.480 e. The molecule has 0 spiro atoms. The third-order valence-electron chi connectivity index (χ3n) is 5.41. The number of hydrogen-bond acceptors (Lipinski definition) is 2. The van der Waals surface area contributed by atoms with E-state index in [1.807, 2.05) is 33.8 Å². The molecule has 0 unspecified atom stereocenters. The highest BCUT2D eigenvalue weighted by Crippen LogP contribution is 2.23. The van der Waals surface area contributed by atoms with E-state index in [1.54, 1.807) is 7.05 Å². The molecule has 4 heteroatoms. The van der Waals surface area contributed by atoms with Crippen LogP contribution in [0.25, 0.3) is 0 Å². The van der Waals surface area contributed by atoms with Crippen LogP contribution < -0.4 is 0 Å².